The van der Waals surface area contributed by atoms with Crippen molar-refractivity contribution in [2.24, 2.45) is 0 Å². The number of aliphatic hydroxyl groups is 2. The number of hydrogen-bond acceptors (Lipinski definition) is 6. The Kier molecular flexibility index (Phi) is 13.8. The smallest absolute Gasteiger partial charge is 0.327 e. The number of rotatable bonds is 15. The second-order valence-corrected chi connectivity index (χ2v) is 5.12. The van der Waals surface area contributed by atoms with E-state index in [2.05, 4.69) is 0 Å². The SMILES string of the molecule is O=C(O)C=CCC(O)COCCCCOCC(O)CC=CC(=O)O. The Bertz CT molecular complexity index is 367. The van der Waals surface area contributed by atoms with Crippen molar-refractivity contribution < 1.29 is 39.5 Å². The molecule has 4 N–H and O–H groups in total. The summed E-state index contributed by atoms with van der Waals surface area (Å²) in [5, 5.41) is 35.8. The molecule has 8 nitrogen and oxygen atoms in total. The van der Waals surface area contributed by atoms with Crippen molar-refractivity contribution >= 4 is 11.9 Å². The molecule has 0 bridgehead atoms. The molecular weight excluding hydrogens is 320 g/mol. The highest BCUT2D eigenvalue weighted by molar-refractivity contribution is 5.79. The molecule has 0 aromatic heterocycles. The van der Waals surface area contributed by atoms with Crippen LogP contribution in [-0.2, 0) is 19.1 Å². The Morgan fingerprint density at radius 3 is 1.50 bits per heavy atom. The fourth-order valence-electron chi connectivity index (χ4n) is 1.63. The monoisotopic (exact) mass is 346 g/mol. The van der Waals surface area contributed by atoms with E-state index in [1.165, 1.54) is 12.2 Å². The standard InChI is InChI=1S/C16H26O8/c17-13(5-3-7-15(19)20)11-23-9-1-2-10-24-12-14(18)6-4-8-16(21)22/h3-4,7-8,13-14,17-18H,1-2,5-6,9-12H2,(H,19,20)(H,21,22). The maximum atomic E-state index is 10.2. The van der Waals surface area contributed by atoms with Crippen molar-refractivity contribution in [1.29, 1.82) is 0 Å². The molecule has 0 saturated carbocycles. The fourth-order valence-corrected chi connectivity index (χ4v) is 1.63. The van der Waals surface area contributed by atoms with Gasteiger partial charge in [-0.15, -0.1) is 0 Å². The molecule has 0 aromatic rings. The summed E-state index contributed by atoms with van der Waals surface area (Å²) in [5.74, 6) is -2.10. The van der Waals surface area contributed by atoms with Crippen LogP contribution in [-0.4, -0.2) is 71.0 Å². The zero-order chi connectivity index (χ0) is 18.2. The lowest BCUT2D eigenvalue weighted by molar-refractivity contribution is -0.132. The van der Waals surface area contributed by atoms with E-state index in [0.717, 1.165) is 25.0 Å². The van der Waals surface area contributed by atoms with Gasteiger partial charge in [-0.25, -0.2) is 9.59 Å². The molecular formula is C16H26O8. The Labute approximate surface area is 141 Å². The summed E-state index contributed by atoms with van der Waals surface area (Å²) in [4.78, 5) is 20.5. The first kappa shape index (κ1) is 22.3. The van der Waals surface area contributed by atoms with Crippen LogP contribution in [0.1, 0.15) is 25.7 Å². The molecule has 24 heavy (non-hydrogen) atoms. The van der Waals surface area contributed by atoms with E-state index in [1.54, 1.807) is 0 Å². The van der Waals surface area contributed by atoms with Crippen molar-refractivity contribution in [1.82, 2.24) is 0 Å². The van der Waals surface area contributed by atoms with Gasteiger partial charge in [0.1, 0.15) is 0 Å². The van der Waals surface area contributed by atoms with E-state index in [1.807, 2.05) is 0 Å². The van der Waals surface area contributed by atoms with E-state index in [9.17, 15) is 19.8 Å². The second-order valence-electron chi connectivity index (χ2n) is 5.12. The largest absolute Gasteiger partial charge is 0.478 e. The summed E-state index contributed by atoms with van der Waals surface area (Å²) in [7, 11) is 0. The third-order valence-corrected chi connectivity index (χ3v) is 2.78. The molecule has 0 aliphatic carbocycles. The highest BCUT2D eigenvalue weighted by Gasteiger charge is 2.03. The van der Waals surface area contributed by atoms with Crippen molar-refractivity contribution in [2.75, 3.05) is 26.4 Å². The summed E-state index contributed by atoms with van der Waals surface area (Å²) in [6.07, 6.45) is 5.16. The molecule has 0 heterocycles. The minimum Gasteiger partial charge on any atom is -0.478 e. The quantitative estimate of drug-likeness (QED) is 0.250. The van der Waals surface area contributed by atoms with Crippen molar-refractivity contribution in [3.63, 3.8) is 0 Å². The molecule has 0 amide bonds. The lowest BCUT2D eigenvalue weighted by Gasteiger charge is -2.10. The van der Waals surface area contributed by atoms with Crippen LogP contribution in [0.25, 0.3) is 0 Å². The van der Waals surface area contributed by atoms with Crippen LogP contribution in [0.2, 0.25) is 0 Å². The van der Waals surface area contributed by atoms with Gasteiger partial charge in [-0.2, -0.15) is 0 Å². The van der Waals surface area contributed by atoms with Crippen LogP contribution in [0, 0.1) is 0 Å². The van der Waals surface area contributed by atoms with E-state index in [-0.39, 0.29) is 26.1 Å². The first-order valence-electron chi connectivity index (χ1n) is 7.72. The predicted molar refractivity (Wildman–Crippen MR) is 85.7 cm³/mol. The number of carbonyl (C=O) groups is 2. The van der Waals surface area contributed by atoms with Gasteiger partial charge in [-0.1, -0.05) is 12.2 Å². The molecule has 2 atom stereocenters. The first-order chi connectivity index (χ1) is 11.4. The van der Waals surface area contributed by atoms with Gasteiger partial charge in [0, 0.05) is 25.4 Å². The van der Waals surface area contributed by atoms with Crippen LogP contribution < -0.4 is 0 Å². The summed E-state index contributed by atoms with van der Waals surface area (Å²) in [6.45, 7) is 1.18. The Balaban J connectivity index is 3.41. The Morgan fingerprint density at radius 1 is 0.792 bits per heavy atom. The maximum absolute atomic E-state index is 10.2. The first-order valence-corrected chi connectivity index (χ1v) is 7.72. The third kappa shape index (κ3) is 16.6. The predicted octanol–water partition coefficient (Wildman–Crippen LogP) is 0.583. The number of carboxylic acids is 2. The molecule has 0 spiro atoms. The average molecular weight is 346 g/mol. The molecule has 0 radical (unpaired) electrons. The molecule has 2 unspecified atom stereocenters. The van der Waals surface area contributed by atoms with Crippen LogP contribution in [0.3, 0.4) is 0 Å². The van der Waals surface area contributed by atoms with E-state index in [4.69, 9.17) is 19.7 Å². The van der Waals surface area contributed by atoms with Crippen LogP contribution in [0.5, 0.6) is 0 Å². The summed E-state index contributed by atoms with van der Waals surface area (Å²) in [6, 6.07) is 0. The second kappa shape index (κ2) is 14.8. The lowest BCUT2D eigenvalue weighted by atomic mass is 10.2. The highest BCUT2D eigenvalue weighted by Crippen LogP contribution is 1.99. The topological polar surface area (TPSA) is 134 Å². The fraction of sp³-hybridized carbons (Fsp3) is 0.625. The minimum atomic E-state index is -1.05. The Hall–Kier alpha value is -1.74. The van der Waals surface area contributed by atoms with Crippen molar-refractivity contribution in [3.8, 4) is 0 Å². The van der Waals surface area contributed by atoms with Crippen LogP contribution in [0.4, 0.5) is 0 Å². The van der Waals surface area contributed by atoms with Crippen molar-refractivity contribution in [3.05, 3.63) is 24.3 Å². The molecule has 0 rings (SSSR count). The molecule has 0 aromatic carbocycles. The number of unbranched alkanes of at least 4 members (excludes halogenated alkanes) is 1. The van der Waals surface area contributed by atoms with E-state index >= 15 is 0 Å². The van der Waals surface area contributed by atoms with Gasteiger partial charge in [0.25, 0.3) is 0 Å². The van der Waals surface area contributed by atoms with Crippen LogP contribution in [0.15, 0.2) is 24.3 Å². The molecule has 0 aliphatic heterocycles. The Morgan fingerprint density at radius 2 is 1.17 bits per heavy atom. The van der Waals surface area contributed by atoms with Gasteiger partial charge < -0.3 is 29.9 Å². The van der Waals surface area contributed by atoms with E-state index < -0.39 is 24.1 Å². The number of carboxylic acid groups (broad SMARTS) is 2. The van der Waals surface area contributed by atoms with E-state index in [0.29, 0.717) is 13.2 Å². The van der Waals surface area contributed by atoms with Gasteiger partial charge in [0.2, 0.25) is 0 Å². The molecule has 0 fully saturated rings. The van der Waals surface area contributed by atoms with Gasteiger partial charge in [-0.05, 0) is 25.7 Å². The van der Waals surface area contributed by atoms with Crippen LogP contribution >= 0.6 is 0 Å². The molecule has 0 saturated heterocycles. The molecule has 138 valence electrons. The zero-order valence-corrected chi connectivity index (χ0v) is 13.5. The lowest BCUT2D eigenvalue weighted by Crippen LogP contribution is -2.16. The summed E-state index contributed by atoms with van der Waals surface area (Å²) in [5.41, 5.74) is 0. The normalized spacial score (nSPS) is 14.2. The van der Waals surface area contributed by atoms with Gasteiger partial charge >= 0.3 is 11.9 Å². The van der Waals surface area contributed by atoms with Gasteiger partial charge in [0.15, 0.2) is 0 Å². The van der Waals surface area contributed by atoms with Gasteiger partial charge in [-0.3, -0.25) is 0 Å². The minimum absolute atomic E-state index is 0.138. The number of ether oxygens (including phenoxy) is 2. The van der Waals surface area contributed by atoms with Crippen molar-refractivity contribution in [2.45, 2.75) is 37.9 Å². The maximum Gasteiger partial charge on any atom is 0.327 e. The number of aliphatic carboxylic acids is 2. The van der Waals surface area contributed by atoms with Gasteiger partial charge in [0.05, 0.1) is 25.4 Å². The summed E-state index contributed by atoms with van der Waals surface area (Å²) < 4.78 is 10.5. The average Bonchev–Trinajstić information content (AvgIpc) is 2.49. The third-order valence-electron chi connectivity index (χ3n) is 2.78. The molecule has 0 aliphatic rings. The highest BCUT2D eigenvalue weighted by atomic mass is 16.5. The molecule has 8 heteroatoms. The summed E-state index contributed by atoms with van der Waals surface area (Å²) >= 11 is 0. The zero-order valence-electron chi connectivity index (χ0n) is 13.5. The number of aliphatic hydroxyl groups excluding tert-OH is 2. The number of hydrogen-bond donors (Lipinski definition) is 4.